The lowest BCUT2D eigenvalue weighted by atomic mass is 10.1. The molecule has 4 nitrogen and oxygen atoms in total. The Hall–Kier alpha value is -1.06. The second kappa shape index (κ2) is 2.68. The third-order valence-electron chi connectivity index (χ3n) is 1.49. The summed E-state index contributed by atoms with van der Waals surface area (Å²) < 4.78 is 4.76. The summed E-state index contributed by atoms with van der Waals surface area (Å²) in [5.74, 6) is -0.222. The van der Waals surface area contributed by atoms with E-state index in [0.29, 0.717) is 18.6 Å². The second-order valence-corrected chi connectivity index (χ2v) is 2.22. The SMILES string of the molecule is CC1OC(=O)CC/C1=N\O. The summed E-state index contributed by atoms with van der Waals surface area (Å²) in [7, 11) is 0. The van der Waals surface area contributed by atoms with E-state index in [1.165, 1.54) is 0 Å². The van der Waals surface area contributed by atoms with Crippen molar-refractivity contribution in [2.45, 2.75) is 25.9 Å². The normalized spacial score (nSPS) is 30.3. The molecule has 0 aromatic heterocycles. The van der Waals surface area contributed by atoms with Crippen LogP contribution >= 0.6 is 0 Å². The summed E-state index contributed by atoms with van der Waals surface area (Å²) in [5, 5.41) is 11.3. The highest BCUT2D eigenvalue weighted by molar-refractivity contribution is 5.94. The minimum absolute atomic E-state index is 0.222. The summed E-state index contributed by atoms with van der Waals surface area (Å²) >= 11 is 0. The van der Waals surface area contributed by atoms with Crippen LogP contribution in [-0.2, 0) is 9.53 Å². The van der Waals surface area contributed by atoms with E-state index in [9.17, 15) is 4.79 Å². The molecule has 1 unspecified atom stereocenters. The Morgan fingerprint density at radius 3 is 2.90 bits per heavy atom. The van der Waals surface area contributed by atoms with Gasteiger partial charge in [0.1, 0.15) is 6.10 Å². The van der Waals surface area contributed by atoms with Gasteiger partial charge in [-0.15, -0.1) is 0 Å². The molecule has 1 aliphatic rings. The first-order chi connectivity index (χ1) is 4.74. The highest BCUT2D eigenvalue weighted by Crippen LogP contribution is 2.10. The number of nitrogens with zero attached hydrogens (tertiary/aromatic N) is 1. The van der Waals surface area contributed by atoms with E-state index in [2.05, 4.69) is 5.16 Å². The van der Waals surface area contributed by atoms with E-state index >= 15 is 0 Å². The summed E-state index contributed by atoms with van der Waals surface area (Å²) in [6, 6.07) is 0. The van der Waals surface area contributed by atoms with Crippen molar-refractivity contribution in [1.29, 1.82) is 0 Å². The highest BCUT2D eigenvalue weighted by atomic mass is 16.5. The van der Waals surface area contributed by atoms with Crippen molar-refractivity contribution in [3.8, 4) is 0 Å². The van der Waals surface area contributed by atoms with Crippen LogP contribution in [0.4, 0.5) is 0 Å². The molecule has 1 saturated heterocycles. The number of esters is 1. The number of cyclic esters (lactones) is 1. The minimum atomic E-state index is -0.355. The van der Waals surface area contributed by atoms with Crippen LogP contribution in [0.2, 0.25) is 0 Å². The number of hydrogen-bond donors (Lipinski definition) is 1. The molecule has 1 atom stereocenters. The molecular formula is C6H9NO3. The number of carbonyl (C=O) groups is 1. The number of ether oxygens (including phenoxy) is 1. The van der Waals surface area contributed by atoms with Crippen molar-refractivity contribution in [2.75, 3.05) is 0 Å². The van der Waals surface area contributed by atoms with E-state index in [-0.39, 0.29) is 12.1 Å². The van der Waals surface area contributed by atoms with E-state index in [0.717, 1.165) is 0 Å². The van der Waals surface area contributed by atoms with Crippen LogP contribution in [0.25, 0.3) is 0 Å². The number of oxime groups is 1. The Bertz CT molecular complexity index is 176. The zero-order valence-corrected chi connectivity index (χ0v) is 5.70. The number of carbonyl (C=O) groups excluding carboxylic acids is 1. The van der Waals surface area contributed by atoms with Gasteiger partial charge in [0, 0.05) is 6.42 Å². The lowest BCUT2D eigenvalue weighted by molar-refractivity contribution is -0.146. The van der Waals surface area contributed by atoms with Crippen LogP contribution in [0.15, 0.2) is 5.16 Å². The predicted octanol–water partition coefficient (Wildman–Crippen LogP) is 0.542. The Morgan fingerprint density at radius 1 is 1.70 bits per heavy atom. The molecule has 0 aliphatic carbocycles. The maximum atomic E-state index is 10.6. The summed E-state index contributed by atoms with van der Waals surface area (Å²) in [6.45, 7) is 1.69. The largest absolute Gasteiger partial charge is 0.456 e. The third-order valence-corrected chi connectivity index (χ3v) is 1.49. The number of rotatable bonds is 0. The Labute approximate surface area is 58.5 Å². The lowest BCUT2D eigenvalue weighted by Gasteiger charge is -2.18. The van der Waals surface area contributed by atoms with E-state index in [1.54, 1.807) is 6.92 Å². The van der Waals surface area contributed by atoms with Crippen molar-refractivity contribution in [3.05, 3.63) is 0 Å². The van der Waals surface area contributed by atoms with Gasteiger partial charge in [-0.1, -0.05) is 5.16 Å². The molecule has 0 spiro atoms. The zero-order chi connectivity index (χ0) is 7.56. The van der Waals surface area contributed by atoms with E-state index < -0.39 is 0 Å². The average molecular weight is 143 g/mol. The smallest absolute Gasteiger partial charge is 0.306 e. The molecule has 0 aromatic carbocycles. The molecule has 0 radical (unpaired) electrons. The van der Waals surface area contributed by atoms with Gasteiger partial charge in [0.05, 0.1) is 12.1 Å². The predicted molar refractivity (Wildman–Crippen MR) is 34.0 cm³/mol. The molecule has 1 heterocycles. The number of hydrogen-bond acceptors (Lipinski definition) is 4. The molecule has 0 saturated carbocycles. The standard InChI is InChI=1S/C6H9NO3/c1-4-5(7-9)2-3-6(8)10-4/h4,9H,2-3H2,1H3/b7-5+. The van der Waals surface area contributed by atoms with E-state index in [1.807, 2.05) is 0 Å². The molecule has 1 fully saturated rings. The molecule has 0 amide bonds. The summed E-state index contributed by atoms with van der Waals surface area (Å²) in [4.78, 5) is 10.6. The molecule has 0 bridgehead atoms. The van der Waals surface area contributed by atoms with Gasteiger partial charge in [-0.05, 0) is 6.92 Å². The van der Waals surface area contributed by atoms with Crippen LogP contribution in [0.5, 0.6) is 0 Å². The summed E-state index contributed by atoms with van der Waals surface area (Å²) in [6.07, 6.45) is 0.478. The molecular weight excluding hydrogens is 134 g/mol. The van der Waals surface area contributed by atoms with Gasteiger partial charge in [-0.25, -0.2) is 0 Å². The van der Waals surface area contributed by atoms with Gasteiger partial charge in [0.2, 0.25) is 0 Å². The molecule has 56 valence electrons. The molecule has 1 aliphatic heterocycles. The van der Waals surface area contributed by atoms with Gasteiger partial charge < -0.3 is 9.94 Å². The van der Waals surface area contributed by atoms with Gasteiger partial charge in [-0.3, -0.25) is 4.79 Å². The fraction of sp³-hybridized carbons (Fsp3) is 0.667. The Kier molecular flexibility index (Phi) is 1.89. The van der Waals surface area contributed by atoms with Crippen LogP contribution in [0.1, 0.15) is 19.8 Å². The average Bonchev–Trinajstić information content (AvgIpc) is 1.88. The van der Waals surface area contributed by atoms with Crippen LogP contribution in [-0.4, -0.2) is 23.0 Å². The van der Waals surface area contributed by atoms with Gasteiger partial charge in [0.25, 0.3) is 0 Å². The zero-order valence-electron chi connectivity index (χ0n) is 5.70. The Morgan fingerprint density at radius 2 is 2.40 bits per heavy atom. The van der Waals surface area contributed by atoms with Crippen LogP contribution < -0.4 is 0 Å². The maximum Gasteiger partial charge on any atom is 0.306 e. The first kappa shape index (κ1) is 7.05. The minimum Gasteiger partial charge on any atom is -0.456 e. The van der Waals surface area contributed by atoms with Gasteiger partial charge in [-0.2, -0.15) is 0 Å². The van der Waals surface area contributed by atoms with Crippen LogP contribution in [0.3, 0.4) is 0 Å². The van der Waals surface area contributed by atoms with Crippen molar-refractivity contribution >= 4 is 11.7 Å². The quantitative estimate of drug-likeness (QED) is 0.306. The molecule has 1 rings (SSSR count). The molecule has 0 aromatic rings. The first-order valence-electron chi connectivity index (χ1n) is 3.14. The highest BCUT2D eigenvalue weighted by Gasteiger charge is 2.22. The lowest BCUT2D eigenvalue weighted by Crippen LogP contribution is -2.30. The summed E-state index contributed by atoms with van der Waals surface area (Å²) in [5.41, 5.74) is 0.541. The Balaban J connectivity index is 2.60. The monoisotopic (exact) mass is 143 g/mol. The molecule has 10 heavy (non-hydrogen) atoms. The fourth-order valence-electron chi connectivity index (χ4n) is 0.889. The maximum absolute atomic E-state index is 10.6. The van der Waals surface area contributed by atoms with Crippen molar-refractivity contribution < 1.29 is 14.7 Å². The van der Waals surface area contributed by atoms with Crippen molar-refractivity contribution in [1.82, 2.24) is 0 Å². The van der Waals surface area contributed by atoms with Crippen molar-refractivity contribution in [3.63, 3.8) is 0 Å². The van der Waals surface area contributed by atoms with Crippen molar-refractivity contribution in [2.24, 2.45) is 5.16 Å². The first-order valence-corrected chi connectivity index (χ1v) is 3.14. The molecule has 1 N–H and O–H groups in total. The third kappa shape index (κ3) is 1.26. The van der Waals surface area contributed by atoms with Gasteiger partial charge >= 0.3 is 5.97 Å². The molecule has 4 heteroatoms. The van der Waals surface area contributed by atoms with E-state index in [4.69, 9.17) is 9.94 Å². The van der Waals surface area contributed by atoms with Crippen LogP contribution in [0, 0.1) is 0 Å². The topological polar surface area (TPSA) is 58.9 Å². The fourth-order valence-corrected chi connectivity index (χ4v) is 0.889. The second-order valence-electron chi connectivity index (χ2n) is 2.22. The van der Waals surface area contributed by atoms with Gasteiger partial charge in [0.15, 0.2) is 0 Å².